The number of aromatic amines is 1. The molecule has 8 heteroatoms. The van der Waals surface area contributed by atoms with E-state index in [1.165, 1.54) is 5.56 Å². The molecule has 5 nitrogen and oxygen atoms in total. The van der Waals surface area contributed by atoms with Gasteiger partial charge in [0.15, 0.2) is 12.5 Å². The van der Waals surface area contributed by atoms with E-state index in [9.17, 15) is 0 Å². The van der Waals surface area contributed by atoms with Gasteiger partial charge in [0, 0.05) is 10.6 Å². The number of aromatic nitrogens is 3. The fraction of sp³-hybridized carbons (Fsp3) is 0.333. The van der Waals surface area contributed by atoms with Crippen LogP contribution in [-0.4, -0.2) is 40.9 Å². The lowest BCUT2D eigenvalue weighted by molar-refractivity contribution is -1.03. The lowest BCUT2D eigenvalue weighted by Gasteiger charge is -2.29. The van der Waals surface area contributed by atoms with Gasteiger partial charge < -0.3 is 9.80 Å². The Balaban J connectivity index is 1.33. The second-order valence-electron chi connectivity index (χ2n) is 6.72. The van der Waals surface area contributed by atoms with Crippen molar-refractivity contribution in [2.45, 2.75) is 13.2 Å². The topological polar surface area (TPSA) is 42.5 Å². The van der Waals surface area contributed by atoms with Gasteiger partial charge in [-0.3, -0.25) is 5.10 Å². The quantitative estimate of drug-likeness (QED) is 0.557. The Kier molecular flexibility index (Phi) is 5.52. The average molecular weight is 408 g/mol. The van der Waals surface area contributed by atoms with Crippen LogP contribution in [0.15, 0.2) is 41.8 Å². The molecule has 0 saturated carbocycles. The fourth-order valence-electron chi connectivity index (χ4n) is 3.39. The molecule has 0 amide bonds. The van der Waals surface area contributed by atoms with Crippen molar-refractivity contribution in [2.75, 3.05) is 26.2 Å². The van der Waals surface area contributed by atoms with Gasteiger partial charge >= 0.3 is 0 Å². The van der Waals surface area contributed by atoms with E-state index in [-0.39, 0.29) is 0 Å². The van der Waals surface area contributed by atoms with Crippen molar-refractivity contribution in [2.24, 2.45) is 0 Å². The van der Waals surface area contributed by atoms with E-state index in [2.05, 4.69) is 33.7 Å². The molecule has 4 rings (SSSR count). The van der Waals surface area contributed by atoms with Crippen LogP contribution >= 0.6 is 35.2 Å². The van der Waals surface area contributed by atoms with Gasteiger partial charge in [-0.1, -0.05) is 29.8 Å². The van der Waals surface area contributed by atoms with E-state index >= 15 is 0 Å². The SMILES string of the molecule is S=c1nc(-c2cccs2)[nH]n1C[NH+]1CC[NH+](Cc2ccc(Cl)cc2)CC1. The third kappa shape index (κ3) is 4.24. The van der Waals surface area contributed by atoms with Crippen LogP contribution in [0, 0.1) is 4.77 Å². The zero-order chi connectivity index (χ0) is 17.9. The maximum atomic E-state index is 5.97. The van der Waals surface area contributed by atoms with Crippen LogP contribution in [0.3, 0.4) is 0 Å². The molecule has 3 N–H and O–H groups in total. The highest BCUT2D eigenvalue weighted by Gasteiger charge is 2.23. The number of halogens is 1. The molecule has 3 heterocycles. The van der Waals surface area contributed by atoms with Gasteiger partial charge in [0.2, 0.25) is 4.77 Å². The van der Waals surface area contributed by atoms with Crippen molar-refractivity contribution in [3.8, 4) is 10.7 Å². The highest BCUT2D eigenvalue weighted by Crippen LogP contribution is 2.20. The van der Waals surface area contributed by atoms with Gasteiger partial charge in [0.05, 0.1) is 4.88 Å². The molecule has 0 bridgehead atoms. The third-order valence-electron chi connectivity index (χ3n) is 4.85. The van der Waals surface area contributed by atoms with E-state index in [1.807, 2.05) is 22.9 Å². The van der Waals surface area contributed by atoms with Crippen LogP contribution < -0.4 is 9.80 Å². The first-order valence-electron chi connectivity index (χ1n) is 8.80. The largest absolute Gasteiger partial charge is 0.322 e. The van der Waals surface area contributed by atoms with Gasteiger partial charge in [-0.05, 0) is 35.8 Å². The Labute approximate surface area is 166 Å². The Hall–Kier alpha value is -1.51. The van der Waals surface area contributed by atoms with E-state index in [4.69, 9.17) is 23.8 Å². The number of nitrogens with one attached hydrogen (secondary N) is 3. The number of hydrogen-bond acceptors (Lipinski definition) is 3. The van der Waals surface area contributed by atoms with Crippen LogP contribution in [0.4, 0.5) is 0 Å². The first kappa shape index (κ1) is 17.9. The first-order chi connectivity index (χ1) is 12.7. The maximum Gasteiger partial charge on any atom is 0.221 e. The summed E-state index contributed by atoms with van der Waals surface area (Å²) < 4.78 is 2.64. The van der Waals surface area contributed by atoms with Crippen molar-refractivity contribution in [3.63, 3.8) is 0 Å². The minimum absolute atomic E-state index is 0.636. The van der Waals surface area contributed by atoms with Gasteiger partial charge in [-0.15, -0.1) is 11.3 Å². The predicted octanol–water partition coefficient (Wildman–Crippen LogP) is 1.26. The van der Waals surface area contributed by atoms with Gasteiger partial charge in [0.25, 0.3) is 0 Å². The first-order valence-corrected chi connectivity index (χ1v) is 10.5. The summed E-state index contributed by atoms with van der Waals surface area (Å²) in [4.78, 5) is 8.80. The van der Waals surface area contributed by atoms with E-state index < -0.39 is 0 Å². The van der Waals surface area contributed by atoms with Crippen molar-refractivity contribution < 1.29 is 9.80 Å². The van der Waals surface area contributed by atoms with Crippen LogP contribution in [-0.2, 0) is 13.2 Å². The summed E-state index contributed by atoms with van der Waals surface area (Å²) in [5, 5.41) is 6.22. The molecule has 1 aromatic carbocycles. The van der Waals surface area contributed by atoms with Gasteiger partial charge in [-0.2, -0.15) is 4.98 Å². The van der Waals surface area contributed by atoms with Gasteiger partial charge in [-0.25, -0.2) is 4.68 Å². The lowest BCUT2D eigenvalue weighted by atomic mass is 10.2. The lowest BCUT2D eigenvalue weighted by Crippen LogP contribution is -3.27. The zero-order valence-electron chi connectivity index (χ0n) is 14.4. The number of benzene rings is 1. The number of piperazine rings is 1. The molecule has 1 saturated heterocycles. The van der Waals surface area contributed by atoms with Crippen molar-refractivity contribution in [3.05, 3.63) is 57.1 Å². The number of thiophene rings is 1. The van der Waals surface area contributed by atoms with Crippen LogP contribution in [0.25, 0.3) is 10.7 Å². The Morgan fingerprint density at radius 2 is 1.85 bits per heavy atom. The molecular formula is C18H22ClN5S2+2. The molecule has 1 fully saturated rings. The molecule has 1 aliphatic rings. The summed E-state index contributed by atoms with van der Waals surface area (Å²) >= 11 is 13.1. The molecule has 0 radical (unpaired) electrons. The molecule has 0 unspecified atom stereocenters. The van der Waals surface area contributed by atoms with Crippen LogP contribution in [0.1, 0.15) is 5.56 Å². The second kappa shape index (κ2) is 8.02. The number of rotatable bonds is 5. The molecular weight excluding hydrogens is 386 g/mol. The predicted molar refractivity (Wildman–Crippen MR) is 107 cm³/mol. The molecule has 2 aromatic heterocycles. The van der Waals surface area contributed by atoms with Crippen molar-refractivity contribution in [1.29, 1.82) is 0 Å². The highest BCUT2D eigenvalue weighted by molar-refractivity contribution is 7.71. The smallest absolute Gasteiger partial charge is 0.221 e. The summed E-state index contributed by atoms with van der Waals surface area (Å²) in [5.74, 6) is 0.872. The number of quaternary nitrogens is 2. The monoisotopic (exact) mass is 407 g/mol. The number of H-pyrrole nitrogens is 1. The Bertz CT molecular complexity index is 893. The summed E-state index contributed by atoms with van der Waals surface area (Å²) in [6.45, 7) is 6.52. The standard InChI is InChI=1S/C18H20ClN5S2/c19-15-5-3-14(4-6-15)12-22-7-9-23(10-8-22)13-24-18(25)20-17(21-24)16-2-1-11-26-16/h1-6,11H,7-10,12-13H2,(H,20,21,25)/p+2. The van der Waals surface area contributed by atoms with E-state index in [0.29, 0.717) is 4.77 Å². The fourth-order valence-corrected chi connectivity index (χ4v) is 4.39. The van der Waals surface area contributed by atoms with Crippen LogP contribution in [0.5, 0.6) is 0 Å². The maximum absolute atomic E-state index is 5.97. The highest BCUT2D eigenvalue weighted by atomic mass is 35.5. The van der Waals surface area contributed by atoms with E-state index in [0.717, 1.165) is 55.1 Å². The minimum atomic E-state index is 0.636. The zero-order valence-corrected chi connectivity index (χ0v) is 16.8. The normalized spacial score (nSPS) is 20.3. The summed E-state index contributed by atoms with van der Waals surface area (Å²) in [5.41, 5.74) is 1.35. The Morgan fingerprint density at radius 3 is 2.54 bits per heavy atom. The number of nitrogens with zero attached hydrogens (tertiary/aromatic N) is 2. The minimum Gasteiger partial charge on any atom is -0.322 e. The molecule has 26 heavy (non-hydrogen) atoms. The molecule has 1 aliphatic heterocycles. The Morgan fingerprint density at radius 1 is 1.12 bits per heavy atom. The molecule has 136 valence electrons. The average Bonchev–Trinajstić information content (AvgIpc) is 3.29. The summed E-state index contributed by atoms with van der Waals surface area (Å²) in [6, 6.07) is 12.3. The van der Waals surface area contributed by atoms with Crippen molar-refractivity contribution >= 4 is 35.2 Å². The summed E-state index contributed by atoms with van der Waals surface area (Å²) in [7, 11) is 0. The van der Waals surface area contributed by atoms with Crippen molar-refractivity contribution in [1.82, 2.24) is 14.8 Å². The summed E-state index contributed by atoms with van der Waals surface area (Å²) in [6.07, 6.45) is 0. The molecule has 0 atom stereocenters. The molecule has 0 spiro atoms. The molecule has 3 aromatic rings. The third-order valence-corrected chi connectivity index (χ3v) is 6.29. The van der Waals surface area contributed by atoms with Gasteiger partial charge in [0.1, 0.15) is 32.7 Å². The number of hydrogen-bond donors (Lipinski definition) is 3. The second-order valence-corrected chi connectivity index (χ2v) is 8.47. The van der Waals surface area contributed by atoms with Crippen LogP contribution in [0.2, 0.25) is 5.02 Å². The molecule has 0 aliphatic carbocycles. The van der Waals surface area contributed by atoms with E-state index in [1.54, 1.807) is 21.1 Å².